The first-order valence-electron chi connectivity index (χ1n) is 11.4. The highest BCUT2D eigenvalue weighted by molar-refractivity contribution is 9.10. The molecule has 0 unspecified atom stereocenters. The number of aryl methyl sites for hydroxylation is 1. The number of aromatic nitrogens is 1. The number of nitrogens with zero attached hydrogens (tertiary/aromatic N) is 1. The van der Waals surface area contributed by atoms with E-state index in [1.165, 1.54) is 68.8 Å². The standard InChI is InChI=1S/C31H20BrNS/c1-19-16-26-25-12-7-11-22(30(25)34-31(26)27(32)17-19)20-14-15-24-23-10-5-6-13-28(23)33(29(24)18-20)21-8-3-2-4-9-21/h2-18H,1H3. The highest BCUT2D eigenvalue weighted by Crippen LogP contribution is 2.44. The number of benzene rings is 5. The second-order valence-corrected chi connectivity index (χ2v) is 10.7. The first kappa shape index (κ1) is 20.0. The fourth-order valence-corrected chi connectivity index (χ4v) is 7.26. The number of para-hydroxylation sites is 2. The van der Waals surface area contributed by atoms with Gasteiger partial charge in [-0.2, -0.15) is 0 Å². The lowest BCUT2D eigenvalue weighted by molar-refractivity contribution is 1.18. The molecule has 5 aromatic carbocycles. The number of halogens is 1. The largest absolute Gasteiger partial charge is 0.309 e. The average Bonchev–Trinajstić information content (AvgIpc) is 3.40. The topological polar surface area (TPSA) is 4.93 Å². The van der Waals surface area contributed by atoms with Crippen molar-refractivity contribution in [3.8, 4) is 16.8 Å². The van der Waals surface area contributed by atoms with Crippen LogP contribution in [-0.2, 0) is 0 Å². The molecular weight excluding hydrogens is 498 g/mol. The molecule has 0 amide bonds. The molecule has 0 bridgehead atoms. The molecule has 0 aliphatic carbocycles. The quantitative estimate of drug-likeness (QED) is 0.215. The molecule has 2 aromatic heterocycles. The molecular formula is C31H20BrNS. The summed E-state index contributed by atoms with van der Waals surface area (Å²) in [5, 5.41) is 5.22. The first-order valence-corrected chi connectivity index (χ1v) is 13.0. The van der Waals surface area contributed by atoms with Gasteiger partial charge in [-0.15, -0.1) is 11.3 Å². The van der Waals surface area contributed by atoms with Crippen LogP contribution in [-0.4, -0.2) is 4.57 Å². The van der Waals surface area contributed by atoms with Crippen molar-refractivity contribution >= 4 is 69.2 Å². The van der Waals surface area contributed by atoms with Crippen molar-refractivity contribution in [2.75, 3.05) is 0 Å². The highest BCUT2D eigenvalue weighted by Gasteiger charge is 2.16. The smallest absolute Gasteiger partial charge is 0.0547 e. The zero-order valence-electron chi connectivity index (χ0n) is 18.5. The first-order chi connectivity index (χ1) is 16.7. The molecule has 0 saturated carbocycles. The van der Waals surface area contributed by atoms with Crippen LogP contribution < -0.4 is 0 Å². The summed E-state index contributed by atoms with van der Waals surface area (Å²) in [6.45, 7) is 2.16. The molecule has 2 heterocycles. The van der Waals surface area contributed by atoms with Crippen LogP contribution >= 0.6 is 27.3 Å². The molecule has 0 fully saturated rings. The van der Waals surface area contributed by atoms with Crippen molar-refractivity contribution in [1.29, 1.82) is 0 Å². The van der Waals surface area contributed by atoms with E-state index in [4.69, 9.17) is 0 Å². The Kier molecular flexibility index (Phi) is 4.45. The van der Waals surface area contributed by atoms with Crippen molar-refractivity contribution in [3.63, 3.8) is 0 Å². The molecule has 0 spiro atoms. The van der Waals surface area contributed by atoms with Gasteiger partial charge < -0.3 is 4.57 Å². The molecule has 0 aliphatic heterocycles. The van der Waals surface area contributed by atoms with E-state index in [-0.39, 0.29) is 0 Å². The van der Waals surface area contributed by atoms with Crippen LogP contribution in [0.4, 0.5) is 0 Å². The molecule has 0 N–H and O–H groups in total. The van der Waals surface area contributed by atoms with E-state index in [0.29, 0.717) is 0 Å². The third-order valence-electron chi connectivity index (χ3n) is 6.70. The Bertz CT molecular complexity index is 1870. The van der Waals surface area contributed by atoms with E-state index in [9.17, 15) is 0 Å². The van der Waals surface area contributed by atoms with E-state index in [1.54, 1.807) is 0 Å². The van der Waals surface area contributed by atoms with Crippen molar-refractivity contribution < 1.29 is 0 Å². The van der Waals surface area contributed by atoms with Crippen molar-refractivity contribution in [2.45, 2.75) is 6.92 Å². The molecule has 0 atom stereocenters. The Morgan fingerprint density at radius 3 is 2.26 bits per heavy atom. The summed E-state index contributed by atoms with van der Waals surface area (Å²) in [6.07, 6.45) is 0. The van der Waals surface area contributed by atoms with Crippen LogP contribution in [0.1, 0.15) is 5.56 Å². The van der Waals surface area contributed by atoms with Crippen LogP contribution in [0.3, 0.4) is 0 Å². The molecule has 162 valence electrons. The highest BCUT2D eigenvalue weighted by atomic mass is 79.9. The minimum absolute atomic E-state index is 1.18. The maximum absolute atomic E-state index is 3.80. The lowest BCUT2D eigenvalue weighted by Crippen LogP contribution is -1.93. The van der Waals surface area contributed by atoms with Crippen molar-refractivity contribution in [2.24, 2.45) is 0 Å². The Morgan fingerprint density at radius 2 is 1.38 bits per heavy atom. The SMILES string of the molecule is Cc1cc(Br)c2sc3c(-c4ccc5c6ccccc6n(-c6ccccc6)c5c4)cccc3c2c1. The second-order valence-electron chi connectivity index (χ2n) is 8.83. The van der Waals surface area contributed by atoms with E-state index in [1.807, 2.05) is 11.3 Å². The third-order valence-corrected chi connectivity index (χ3v) is 8.87. The van der Waals surface area contributed by atoms with Gasteiger partial charge in [0.05, 0.1) is 11.0 Å². The maximum atomic E-state index is 3.80. The third kappa shape index (κ3) is 2.91. The molecule has 0 saturated heterocycles. The minimum Gasteiger partial charge on any atom is -0.309 e. The van der Waals surface area contributed by atoms with Gasteiger partial charge in [0.2, 0.25) is 0 Å². The molecule has 1 nitrogen and oxygen atoms in total. The number of rotatable bonds is 2. The van der Waals surface area contributed by atoms with Crippen LogP contribution in [0.5, 0.6) is 0 Å². The Hall–Kier alpha value is -3.40. The molecule has 34 heavy (non-hydrogen) atoms. The summed E-state index contributed by atoms with van der Waals surface area (Å²) in [5.41, 5.74) is 7.47. The molecule has 3 heteroatoms. The zero-order valence-corrected chi connectivity index (χ0v) is 21.0. The molecule has 7 aromatic rings. The Labute approximate surface area is 210 Å². The summed E-state index contributed by atoms with van der Waals surface area (Å²) >= 11 is 5.68. The summed E-state index contributed by atoms with van der Waals surface area (Å²) in [6, 6.07) is 37.5. The predicted molar refractivity (Wildman–Crippen MR) is 152 cm³/mol. The molecule has 0 radical (unpaired) electrons. The second kappa shape index (κ2) is 7.56. The van der Waals surface area contributed by atoms with E-state index in [0.717, 1.165) is 0 Å². The number of hydrogen-bond acceptors (Lipinski definition) is 1. The van der Waals surface area contributed by atoms with Crippen LogP contribution in [0.25, 0.3) is 58.8 Å². The Balaban J connectivity index is 1.55. The van der Waals surface area contributed by atoms with Crippen LogP contribution in [0.15, 0.2) is 108 Å². The predicted octanol–water partition coefficient (Wildman–Crippen LogP) is 9.89. The lowest BCUT2D eigenvalue weighted by atomic mass is 10.0. The lowest BCUT2D eigenvalue weighted by Gasteiger charge is -2.09. The minimum atomic E-state index is 1.18. The maximum Gasteiger partial charge on any atom is 0.0547 e. The van der Waals surface area contributed by atoms with Gasteiger partial charge in [0.1, 0.15) is 0 Å². The number of hydrogen-bond donors (Lipinski definition) is 0. The van der Waals surface area contributed by atoms with Gasteiger partial charge in [-0.3, -0.25) is 0 Å². The van der Waals surface area contributed by atoms with Gasteiger partial charge in [-0.05, 0) is 75.9 Å². The van der Waals surface area contributed by atoms with Crippen molar-refractivity contribution in [1.82, 2.24) is 4.57 Å². The molecule has 0 aliphatic rings. The number of thiophene rings is 1. The van der Waals surface area contributed by atoms with Gasteiger partial charge in [0.25, 0.3) is 0 Å². The van der Waals surface area contributed by atoms with Gasteiger partial charge >= 0.3 is 0 Å². The summed E-state index contributed by atoms with van der Waals surface area (Å²) in [4.78, 5) is 0. The van der Waals surface area contributed by atoms with Gasteiger partial charge in [0, 0.05) is 41.1 Å². The van der Waals surface area contributed by atoms with Gasteiger partial charge in [0.15, 0.2) is 0 Å². The van der Waals surface area contributed by atoms with Gasteiger partial charge in [-0.25, -0.2) is 0 Å². The van der Waals surface area contributed by atoms with Crippen LogP contribution in [0.2, 0.25) is 0 Å². The van der Waals surface area contributed by atoms with Crippen molar-refractivity contribution in [3.05, 3.63) is 113 Å². The Morgan fingerprint density at radius 1 is 0.618 bits per heavy atom. The fourth-order valence-electron chi connectivity index (χ4n) is 5.21. The summed E-state index contributed by atoms with van der Waals surface area (Å²) in [5.74, 6) is 0. The normalized spacial score (nSPS) is 11.8. The van der Waals surface area contributed by atoms with E-state index >= 15 is 0 Å². The fraction of sp³-hybridized carbons (Fsp3) is 0.0323. The van der Waals surface area contributed by atoms with E-state index < -0.39 is 0 Å². The number of fused-ring (bicyclic) bond motifs is 6. The molecule has 7 rings (SSSR count). The zero-order chi connectivity index (χ0) is 22.8. The monoisotopic (exact) mass is 517 g/mol. The van der Waals surface area contributed by atoms with Gasteiger partial charge in [-0.1, -0.05) is 66.7 Å². The summed E-state index contributed by atoms with van der Waals surface area (Å²) < 4.78 is 6.21. The summed E-state index contributed by atoms with van der Waals surface area (Å²) in [7, 11) is 0. The van der Waals surface area contributed by atoms with Crippen LogP contribution in [0, 0.1) is 6.92 Å². The average molecular weight is 518 g/mol. The van der Waals surface area contributed by atoms with E-state index in [2.05, 4.69) is 131 Å².